The standard InChI is InChI=1S/C18H17Cl3N2O4/c1-26-16-8-11(7-14(21)18(16)25)10-22-23-17(24)3-2-6-27-15-5-4-12(19)9-13(15)20/h4-5,7-10,25H,2-3,6H2,1H3,(H,23,24)/b22-10+. The molecule has 0 fully saturated rings. The van der Waals surface area contributed by atoms with E-state index in [2.05, 4.69) is 10.5 Å². The number of methoxy groups -OCH3 is 1. The molecule has 144 valence electrons. The van der Waals surface area contributed by atoms with Crippen LogP contribution in [-0.4, -0.2) is 30.9 Å². The van der Waals surface area contributed by atoms with Gasteiger partial charge in [-0.1, -0.05) is 34.8 Å². The Bertz CT molecular complexity index is 844. The zero-order chi connectivity index (χ0) is 19.8. The molecule has 0 aromatic heterocycles. The van der Waals surface area contributed by atoms with Gasteiger partial charge in [-0.15, -0.1) is 0 Å². The fourth-order valence-corrected chi connectivity index (χ4v) is 2.75. The van der Waals surface area contributed by atoms with Crippen LogP contribution in [0.5, 0.6) is 17.2 Å². The van der Waals surface area contributed by atoms with Crippen LogP contribution in [0.4, 0.5) is 0 Å². The predicted octanol–water partition coefficient (Wildman–Crippen LogP) is 4.67. The Morgan fingerprint density at radius 2 is 1.96 bits per heavy atom. The molecule has 0 unspecified atom stereocenters. The maximum atomic E-state index is 11.8. The third-order valence-corrected chi connectivity index (χ3v) is 4.19. The lowest BCUT2D eigenvalue weighted by Crippen LogP contribution is -2.18. The highest BCUT2D eigenvalue weighted by Gasteiger charge is 2.08. The van der Waals surface area contributed by atoms with E-state index in [9.17, 15) is 9.90 Å². The number of ether oxygens (including phenoxy) is 2. The second kappa shape index (κ2) is 10.3. The van der Waals surface area contributed by atoms with Crippen molar-refractivity contribution in [1.82, 2.24) is 5.43 Å². The first-order valence-electron chi connectivity index (χ1n) is 7.87. The number of hydrazone groups is 1. The number of hydrogen-bond donors (Lipinski definition) is 2. The SMILES string of the molecule is COc1cc(/C=N/NC(=O)CCCOc2ccc(Cl)cc2Cl)cc(Cl)c1O. The Labute approximate surface area is 171 Å². The number of halogens is 3. The highest BCUT2D eigenvalue weighted by atomic mass is 35.5. The summed E-state index contributed by atoms with van der Waals surface area (Å²) in [4.78, 5) is 11.8. The number of amides is 1. The van der Waals surface area contributed by atoms with Gasteiger partial charge >= 0.3 is 0 Å². The molecule has 0 saturated heterocycles. The molecule has 2 aromatic carbocycles. The molecule has 0 heterocycles. The topological polar surface area (TPSA) is 80.2 Å². The van der Waals surface area contributed by atoms with Crippen molar-refractivity contribution < 1.29 is 19.4 Å². The first-order chi connectivity index (χ1) is 12.9. The van der Waals surface area contributed by atoms with Crippen molar-refractivity contribution in [3.63, 3.8) is 0 Å². The van der Waals surface area contributed by atoms with Gasteiger partial charge in [-0.05, 0) is 42.3 Å². The Kier molecular flexibility index (Phi) is 8.03. The molecule has 0 aliphatic carbocycles. The van der Waals surface area contributed by atoms with Crippen LogP contribution in [0.15, 0.2) is 35.4 Å². The minimum atomic E-state index is -0.270. The van der Waals surface area contributed by atoms with Crippen LogP contribution in [0.2, 0.25) is 15.1 Å². The zero-order valence-corrected chi connectivity index (χ0v) is 16.6. The summed E-state index contributed by atoms with van der Waals surface area (Å²) >= 11 is 17.7. The van der Waals surface area contributed by atoms with Crippen molar-refractivity contribution in [1.29, 1.82) is 0 Å². The molecule has 0 bridgehead atoms. The summed E-state index contributed by atoms with van der Waals surface area (Å²) in [6.07, 6.45) is 2.11. The van der Waals surface area contributed by atoms with Crippen LogP contribution in [0.3, 0.4) is 0 Å². The molecule has 2 rings (SSSR count). The summed E-state index contributed by atoms with van der Waals surface area (Å²) in [5.74, 6) is 0.306. The molecule has 2 aromatic rings. The van der Waals surface area contributed by atoms with Gasteiger partial charge in [-0.2, -0.15) is 5.10 Å². The minimum absolute atomic E-state index is 0.125. The minimum Gasteiger partial charge on any atom is -0.503 e. The van der Waals surface area contributed by atoms with Gasteiger partial charge < -0.3 is 14.6 Å². The number of hydrogen-bond acceptors (Lipinski definition) is 5. The smallest absolute Gasteiger partial charge is 0.240 e. The summed E-state index contributed by atoms with van der Waals surface area (Å²) in [5, 5.41) is 14.6. The van der Waals surface area contributed by atoms with E-state index in [1.165, 1.54) is 19.4 Å². The first-order valence-corrected chi connectivity index (χ1v) is 9.00. The molecule has 0 aliphatic rings. The summed E-state index contributed by atoms with van der Waals surface area (Å²) < 4.78 is 10.5. The van der Waals surface area contributed by atoms with Gasteiger partial charge in [0.25, 0.3) is 0 Å². The molecule has 6 nitrogen and oxygen atoms in total. The number of rotatable bonds is 8. The summed E-state index contributed by atoms with van der Waals surface area (Å²) in [7, 11) is 1.41. The van der Waals surface area contributed by atoms with Crippen LogP contribution in [-0.2, 0) is 4.79 Å². The second-order valence-electron chi connectivity index (χ2n) is 5.37. The number of benzene rings is 2. The summed E-state index contributed by atoms with van der Waals surface area (Å²) in [5.41, 5.74) is 2.97. The third kappa shape index (κ3) is 6.50. The van der Waals surface area contributed by atoms with Crippen molar-refractivity contribution in [2.75, 3.05) is 13.7 Å². The molecule has 2 N–H and O–H groups in total. The Morgan fingerprint density at radius 3 is 2.67 bits per heavy atom. The number of nitrogens with one attached hydrogen (secondary N) is 1. The molecule has 1 amide bonds. The monoisotopic (exact) mass is 430 g/mol. The lowest BCUT2D eigenvalue weighted by atomic mass is 10.2. The van der Waals surface area contributed by atoms with E-state index < -0.39 is 0 Å². The molecule has 0 aliphatic heterocycles. The quantitative estimate of drug-likeness (QED) is 0.361. The number of phenolic OH excluding ortho intramolecular Hbond substituents is 1. The van der Waals surface area contributed by atoms with Gasteiger partial charge in [-0.3, -0.25) is 4.79 Å². The highest BCUT2D eigenvalue weighted by molar-refractivity contribution is 6.35. The van der Waals surface area contributed by atoms with Crippen LogP contribution in [0.25, 0.3) is 0 Å². The van der Waals surface area contributed by atoms with E-state index >= 15 is 0 Å². The van der Waals surface area contributed by atoms with E-state index in [1.54, 1.807) is 24.3 Å². The van der Waals surface area contributed by atoms with Gasteiger partial charge in [0.2, 0.25) is 5.91 Å². The van der Waals surface area contributed by atoms with Crippen LogP contribution >= 0.6 is 34.8 Å². The number of aromatic hydroxyl groups is 1. The average Bonchev–Trinajstić information content (AvgIpc) is 2.63. The average molecular weight is 432 g/mol. The Morgan fingerprint density at radius 1 is 1.19 bits per heavy atom. The molecule has 0 radical (unpaired) electrons. The summed E-state index contributed by atoms with van der Waals surface area (Å²) in [6, 6.07) is 7.98. The van der Waals surface area contributed by atoms with Crippen molar-refractivity contribution >= 4 is 46.9 Å². The number of carbonyl (C=O) groups excluding carboxylic acids is 1. The van der Waals surface area contributed by atoms with Crippen LogP contribution < -0.4 is 14.9 Å². The lowest BCUT2D eigenvalue weighted by Gasteiger charge is -2.08. The Balaban J connectivity index is 1.76. The number of phenols is 1. The fourth-order valence-electron chi connectivity index (χ4n) is 2.07. The van der Waals surface area contributed by atoms with E-state index in [0.717, 1.165) is 0 Å². The van der Waals surface area contributed by atoms with E-state index in [1.807, 2.05) is 0 Å². The maximum absolute atomic E-state index is 11.8. The second-order valence-corrected chi connectivity index (χ2v) is 6.62. The molecular formula is C18H17Cl3N2O4. The summed E-state index contributed by atoms with van der Waals surface area (Å²) in [6.45, 7) is 0.323. The van der Waals surface area contributed by atoms with Crippen molar-refractivity contribution in [3.05, 3.63) is 51.0 Å². The third-order valence-electron chi connectivity index (χ3n) is 3.37. The van der Waals surface area contributed by atoms with E-state index in [4.69, 9.17) is 44.3 Å². The first kappa shape index (κ1) is 21.2. The molecule has 0 saturated carbocycles. The molecule has 9 heteroatoms. The maximum Gasteiger partial charge on any atom is 0.240 e. The van der Waals surface area contributed by atoms with Gasteiger partial charge in [0, 0.05) is 11.4 Å². The molecule has 27 heavy (non-hydrogen) atoms. The molecule has 0 spiro atoms. The van der Waals surface area contributed by atoms with Crippen LogP contribution in [0.1, 0.15) is 18.4 Å². The fraction of sp³-hybridized carbons (Fsp3) is 0.222. The highest BCUT2D eigenvalue weighted by Crippen LogP contribution is 2.34. The number of carbonyl (C=O) groups is 1. The predicted molar refractivity (Wildman–Crippen MR) is 107 cm³/mol. The van der Waals surface area contributed by atoms with Gasteiger partial charge in [0.1, 0.15) is 5.75 Å². The number of nitrogens with zero attached hydrogens (tertiary/aromatic N) is 1. The lowest BCUT2D eigenvalue weighted by molar-refractivity contribution is -0.121. The molecule has 0 atom stereocenters. The van der Waals surface area contributed by atoms with E-state index in [-0.39, 0.29) is 28.8 Å². The van der Waals surface area contributed by atoms with Gasteiger partial charge in [0.15, 0.2) is 11.5 Å². The Hall–Kier alpha value is -2.15. The largest absolute Gasteiger partial charge is 0.503 e. The molecular weight excluding hydrogens is 415 g/mol. The van der Waals surface area contributed by atoms with Crippen molar-refractivity contribution in [3.8, 4) is 17.2 Å². The van der Waals surface area contributed by atoms with Crippen molar-refractivity contribution in [2.24, 2.45) is 5.10 Å². The van der Waals surface area contributed by atoms with Gasteiger partial charge in [-0.25, -0.2) is 5.43 Å². The van der Waals surface area contributed by atoms with E-state index in [0.29, 0.717) is 34.4 Å². The van der Waals surface area contributed by atoms with Gasteiger partial charge in [0.05, 0.1) is 30.0 Å². The zero-order valence-electron chi connectivity index (χ0n) is 14.3. The normalized spacial score (nSPS) is 10.8. The van der Waals surface area contributed by atoms with Crippen LogP contribution in [0, 0.1) is 0 Å². The van der Waals surface area contributed by atoms with Crippen molar-refractivity contribution in [2.45, 2.75) is 12.8 Å².